The number of amides is 2. The number of imide groups is 1. The molecule has 1 fully saturated rings. The summed E-state index contributed by atoms with van der Waals surface area (Å²) >= 11 is 1.76. The van der Waals surface area contributed by atoms with Crippen molar-refractivity contribution in [1.29, 1.82) is 0 Å². The summed E-state index contributed by atoms with van der Waals surface area (Å²) in [4.78, 5) is 33.3. The van der Waals surface area contributed by atoms with Gasteiger partial charge in [-0.15, -0.1) is 11.3 Å². The van der Waals surface area contributed by atoms with Crippen molar-refractivity contribution < 1.29 is 22.8 Å². The summed E-state index contributed by atoms with van der Waals surface area (Å²) in [6.07, 6.45) is -4.43. The zero-order chi connectivity index (χ0) is 24.7. The highest BCUT2D eigenvalue weighted by Crippen LogP contribution is 2.34. The van der Waals surface area contributed by atoms with Crippen LogP contribution in [-0.2, 0) is 19.3 Å². The number of carbonyl (C=O) groups is 2. The average Bonchev–Trinajstić information content (AvgIpc) is 3.35. The van der Waals surface area contributed by atoms with Crippen LogP contribution in [0.3, 0.4) is 0 Å². The Balaban J connectivity index is 1.30. The summed E-state index contributed by atoms with van der Waals surface area (Å²) in [7, 11) is 0. The lowest BCUT2D eigenvalue weighted by Crippen LogP contribution is -2.46. The molecule has 9 heteroatoms. The number of hydrogen-bond donors (Lipinski definition) is 0. The number of hydrogen-bond acceptors (Lipinski definition) is 5. The fraction of sp³-hybridized carbons (Fsp3) is 0.308. The molecule has 0 unspecified atom stereocenters. The second-order valence-corrected chi connectivity index (χ2v) is 9.88. The molecule has 1 saturated heterocycles. The maximum absolute atomic E-state index is 13.3. The lowest BCUT2D eigenvalue weighted by Gasteiger charge is -2.36. The van der Waals surface area contributed by atoms with E-state index in [-0.39, 0.29) is 6.54 Å². The van der Waals surface area contributed by atoms with E-state index in [1.54, 1.807) is 23.5 Å². The number of nitrogens with zero attached hydrogens (tertiary/aromatic N) is 3. The molecule has 0 aliphatic carbocycles. The maximum Gasteiger partial charge on any atom is 0.416 e. The van der Waals surface area contributed by atoms with Crippen molar-refractivity contribution in [2.24, 2.45) is 0 Å². The first-order valence-electron chi connectivity index (χ1n) is 11.4. The zero-order valence-corrected chi connectivity index (χ0v) is 20.0. The topological polar surface area (TPSA) is 43.9 Å². The minimum absolute atomic E-state index is 0.0716. The van der Waals surface area contributed by atoms with Crippen molar-refractivity contribution in [3.8, 4) is 0 Å². The zero-order valence-electron chi connectivity index (χ0n) is 19.1. The number of thiophene rings is 1. The van der Waals surface area contributed by atoms with Crippen molar-refractivity contribution in [1.82, 2.24) is 9.80 Å². The van der Waals surface area contributed by atoms with E-state index in [0.717, 1.165) is 55.4 Å². The summed E-state index contributed by atoms with van der Waals surface area (Å²) in [6, 6.07) is 12.0. The number of carbonyl (C=O) groups excluding carboxylic acids is 2. The standard InChI is InChI=1S/C26H24F3N3O2S/c1-17-9-14-35-22(17)16-30-10-12-31(13-11-30)21-4-2-3-20-23(21)25(34)32(24(20)33)15-18-5-7-19(8-6-18)26(27,28)29/h2-9,14H,10-13,15-16H2,1H3. The Bertz CT molecular complexity index is 1260. The average molecular weight is 500 g/mol. The molecule has 0 spiro atoms. The Labute approximate surface area is 205 Å². The minimum atomic E-state index is -4.43. The molecule has 0 atom stereocenters. The molecule has 35 heavy (non-hydrogen) atoms. The summed E-state index contributed by atoms with van der Waals surface area (Å²) in [5.74, 6) is -0.823. The van der Waals surface area contributed by atoms with Gasteiger partial charge in [0.05, 0.1) is 28.9 Å². The quantitative estimate of drug-likeness (QED) is 0.453. The third kappa shape index (κ3) is 4.58. The molecule has 5 nitrogen and oxygen atoms in total. The Hall–Kier alpha value is -3.17. The number of anilines is 1. The fourth-order valence-electron chi connectivity index (χ4n) is 4.62. The summed E-state index contributed by atoms with van der Waals surface area (Å²) in [6.45, 7) is 6.12. The van der Waals surface area contributed by atoms with Crippen LogP contribution in [0.15, 0.2) is 53.9 Å². The van der Waals surface area contributed by atoms with E-state index in [4.69, 9.17) is 0 Å². The summed E-state index contributed by atoms with van der Waals surface area (Å²) < 4.78 is 38.6. The smallest absolute Gasteiger partial charge is 0.368 e. The molecule has 182 valence electrons. The van der Waals surface area contributed by atoms with E-state index in [1.165, 1.54) is 22.6 Å². The number of fused-ring (bicyclic) bond motifs is 1. The van der Waals surface area contributed by atoms with Gasteiger partial charge in [0, 0.05) is 37.6 Å². The van der Waals surface area contributed by atoms with E-state index in [0.29, 0.717) is 16.7 Å². The van der Waals surface area contributed by atoms with Gasteiger partial charge in [-0.1, -0.05) is 18.2 Å². The van der Waals surface area contributed by atoms with Gasteiger partial charge in [0.2, 0.25) is 0 Å². The van der Waals surface area contributed by atoms with Crippen LogP contribution in [-0.4, -0.2) is 47.8 Å². The van der Waals surface area contributed by atoms with Crippen LogP contribution in [0.1, 0.15) is 42.3 Å². The van der Waals surface area contributed by atoms with Crippen LogP contribution < -0.4 is 4.90 Å². The number of aryl methyl sites for hydroxylation is 1. The van der Waals surface area contributed by atoms with Gasteiger partial charge in [-0.05, 0) is 53.8 Å². The van der Waals surface area contributed by atoms with Gasteiger partial charge in [-0.2, -0.15) is 13.2 Å². The van der Waals surface area contributed by atoms with Crippen LogP contribution in [0.25, 0.3) is 0 Å². The number of halogens is 3. The van der Waals surface area contributed by atoms with Crippen molar-refractivity contribution in [3.05, 3.63) is 86.6 Å². The van der Waals surface area contributed by atoms with E-state index in [1.807, 2.05) is 6.07 Å². The molecular weight excluding hydrogens is 475 g/mol. The van der Waals surface area contributed by atoms with Gasteiger partial charge in [-0.3, -0.25) is 19.4 Å². The van der Waals surface area contributed by atoms with Gasteiger partial charge in [0.1, 0.15) is 0 Å². The Morgan fingerprint density at radius 1 is 0.886 bits per heavy atom. The molecular formula is C26H24F3N3O2S. The monoisotopic (exact) mass is 499 g/mol. The van der Waals surface area contributed by atoms with E-state index >= 15 is 0 Å². The van der Waals surface area contributed by atoms with Gasteiger partial charge in [-0.25, -0.2) is 0 Å². The highest BCUT2D eigenvalue weighted by molar-refractivity contribution is 7.10. The van der Waals surface area contributed by atoms with Crippen molar-refractivity contribution in [2.45, 2.75) is 26.2 Å². The molecule has 2 aromatic carbocycles. The van der Waals surface area contributed by atoms with E-state index in [9.17, 15) is 22.8 Å². The molecule has 0 bridgehead atoms. The van der Waals surface area contributed by atoms with Crippen LogP contribution in [0.4, 0.5) is 18.9 Å². The highest BCUT2D eigenvalue weighted by Gasteiger charge is 2.39. The molecule has 0 radical (unpaired) electrons. The third-order valence-corrected chi connectivity index (χ3v) is 7.66. The molecule has 0 saturated carbocycles. The Kier molecular flexibility index (Phi) is 6.14. The minimum Gasteiger partial charge on any atom is -0.368 e. The third-order valence-electron chi connectivity index (χ3n) is 6.65. The first kappa shape index (κ1) is 23.6. The Morgan fingerprint density at radius 3 is 2.23 bits per heavy atom. The van der Waals surface area contributed by atoms with Crippen LogP contribution in [0.5, 0.6) is 0 Å². The van der Waals surface area contributed by atoms with Crippen LogP contribution >= 0.6 is 11.3 Å². The number of rotatable bonds is 5. The predicted molar refractivity (Wildman–Crippen MR) is 129 cm³/mol. The molecule has 3 heterocycles. The molecule has 2 aliphatic rings. The van der Waals surface area contributed by atoms with Crippen molar-refractivity contribution in [2.75, 3.05) is 31.1 Å². The molecule has 2 aliphatic heterocycles. The molecule has 1 aromatic heterocycles. The Morgan fingerprint density at radius 2 is 1.60 bits per heavy atom. The van der Waals surface area contributed by atoms with Crippen LogP contribution in [0.2, 0.25) is 0 Å². The highest BCUT2D eigenvalue weighted by atomic mass is 32.1. The lowest BCUT2D eigenvalue weighted by atomic mass is 10.1. The number of benzene rings is 2. The molecule has 5 rings (SSSR count). The second-order valence-electron chi connectivity index (χ2n) is 8.88. The largest absolute Gasteiger partial charge is 0.416 e. The number of alkyl halides is 3. The summed E-state index contributed by atoms with van der Waals surface area (Å²) in [5, 5.41) is 2.10. The van der Waals surface area contributed by atoms with Gasteiger partial charge in [0.15, 0.2) is 0 Å². The second kappa shape index (κ2) is 9.13. The fourth-order valence-corrected chi connectivity index (χ4v) is 5.57. The SMILES string of the molecule is Cc1ccsc1CN1CCN(c2cccc3c2C(=O)N(Cc2ccc(C(F)(F)F)cc2)C3=O)CC1. The van der Waals surface area contributed by atoms with E-state index in [2.05, 4.69) is 28.2 Å². The van der Waals surface area contributed by atoms with E-state index < -0.39 is 23.6 Å². The predicted octanol–water partition coefficient (Wildman–Crippen LogP) is 5.19. The van der Waals surface area contributed by atoms with Crippen LogP contribution in [0, 0.1) is 6.92 Å². The lowest BCUT2D eigenvalue weighted by molar-refractivity contribution is -0.137. The first-order valence-corrected chi connectivity index (χ1v) is 12.3. The number of piperazine rings is 1. The van der Waals surface area contributed by atoms with Crippen molar-refractivity contribution >= 4 is 28.8 Å². The van der Waals surface area contributed by atoms with Gasteiger partial charge >= 0.3 is 6.18 Å². The maximum atomic E-state index is 13.3. The first-order chi connectivity index (χ1) is 16.7. The van der Waals surface area contributed by atoms with Gasteiger partial charge in [0.25, 0.3) is 11.8 Å². The van der Waals surface area contributed by atoms with Crippen molar-refractivity contribution in [3.63, 3.8) is 0 Å². The summed E-state index contributed by atoms with van der Waals surface area (Å²) in [5.41, 5.74) is 2.46. The van der Waals surface area contributed by atoms with Gasteiger partial charge < -0.3 is 4.90 Å². The normalized spacial score (nSPS) is 16.8. The molecule has 3 aromatic rings. The molecule has 2 amide bonds. The molecule has 0 N–H and O–H groups in total.